The SMILES string of the molecule is Cn1cc(-c2ccc(Cl)cc2F)c(C(O)c2cccnc2)c1-c1cccc(F)c1. The first-order valence-electron chi connectivity index (χ1n) is 8.94. The van der Waals surface area contributed by atoms with Crippen molar-refractivity contribution >= 4 is 11.6 Å². The predicted octanol–water partition coefficient (Wildman–Crippen LogP) is 5.77. The Morgan fingerprint density at radius 3 is 2.55 bits per heavy atom. The predicted molar refractivity (Wildman–Crippen MR) is 110 cm³/mol. The zero-order valence-corrected chi connectivity index (χ0v) is 16.2. The van der Waals surface area contributed by atoms with Crippen LogP contribution in [0.3, 0.4) is 0 Å². The third-order valence-electron chi connectivity index (χ3n) is 4.81. The Labute approximate surface area is 171 Å². The number of benzene rings is 2. The molecule has 0 aliphatic rings. The Morgan fingerprint density at radius 2 is 1.86 bits per heavy atom. The number of aliphatic hydroxyl groups is 1. The zero-order chi connectivity index (χ0) is 20.5. The summed E-state index contributed by atoms with van der Waals surface area (Å²) in [4.78, 5) is 4.07. The van der Waals surface area contributed by atoms with Gasteiger partial charge in [-0.1, -0.05) is 29.8 Å². The van der Waals surface area contributed by atoms with Crippen LogP contribution in [-0.4, -0.2) is 14.7 Å². The largest absolute Gasteiger partial charge is 0.383 e. The first kappa shape index (κ1) is 19.3. The van der Waals surface area contributed by atoms with E-state index in [9.17, 15) is 13.9 Å². The molecule has 146 valence electrons. The molecule has 0 bridgehead atoms. The Bertz CT molecular complexity index is 1170. The number of hydrogen-bond donors (Lipinski definition) is 1. The van der Waals surface area contributed by atoms with E-state index < -0.39 is 17.7 Å². The second-order valence-electron chi connectivity index (χ2n) is 6.74. The van der Waals surface area contributed by atoms with Gasteiger partial charge in [0, 0.05) is 58.5 Å². The van der Waals surface area contributed by atoms with Crippen LogP contribution in [0.5, 0.6) is 0 Å². The molecule has 2 aromatic carbocycles. The molecule has 0 fully saturated rings. The molecule has 1 unspecified atom stereocenters. The standard InChI is InChI=1S/C23H17ClF2N2O/c1-28-13-19(18-8-7-16(24)11-20(18)26)21(23(29)15-5-3-9-27-12-15)22(28)14-4-2-6-17(25)10-14/h2-13,23,29H,1H3. The molecule has 1 atom stereocenters. The van der Waals surface area contributed by atoms with Gasteiger partial charge >= 0.3 is 0 Å². The quantitative estimate of drug-likeness (QED) is 0.464. The van der Waals surface area contributed by atoms with Crippen molar-refractivity contribution in [3.8, 4) is 22.4 Å². The molecule has 2 aromatic heterocycles. The fourth-order valence-corrected chi connectivity index (χ4v) is 3.70. The van der Waals surface area contributed by atoms with Gasteiger partial charge in [0.1, 0.15) is 17.7 Å². The minimum absolute atomic E-state index is 0.280. The van der Waals surface area contributed by atoms with Crippen LogP contribution in [0.4, 0.5) is 8.78 Å². The van der Waals surface area contributed by atoms with E-state index in [1.807, 2.05) is 0 Å². The summed E-state index contributed by atoms with van der Waals surface area (Å²) in [5.41, 5.74) is 2.97. The Morgan fingerprint density at radius 1 is 1.03 bits per heavy atom. The molecule has 6 heteroatoms. The van der Waals surface area contributed by atoms with Gasteiger partial charge in [0.25, 0.3) is 0 Å². The van der Waals surface area contributed by atoms with Crippen LogP contribution in [0.1, 0.15) is 17.2 Å². The summed E-state index contributed by atoms with van der Waals surface area (Å²) in [5, 5.41) is 11.5. The van der Waals surface area contributed by atoms with Gasteiger partial charge in [-0.25, -0.2) is 8.78 Å². The molecule has 3 nitrogen and oxygen atoms in total. The molecule has 4 rings (SSSR count). The second kappa shape index (κ2) is 7.78. The lowest BCUT2D eigenvalue weighted by molar-refractivity contribution is 0.221. The molecule has 0 spiro atoms. The van der Waals surface area contributed by atoms with Gasteiger partial charge in [-0.15, -0.1) is 0 Å². The molecular weight excluding hydrogens is 394 g/mol. The smallest absolute Gasteiger partial charge is 0.132 e. The van der Waals surface area contributed by atoms with Gasteiger partial charge < -0.3 is 9.67 Å². The average Bonchev–Trinajstić information content (AvgIpc) is 3.05. The Hall–Kier alpha value is -3.02. The third-order valence-corrected chi connectivity index (χ3v) is 5.05. The van der Waals surface area contributed by atoms with E-state index in [-0.39, 0.29) is 5.02 Å². The Kier molecular flexibility index (Phi) is 5.18. The van der Waals surface area contributed by atoms with Crippen molar-refractivity contribution in [2.45, 2.75) is 6.10 Å². The molecule has 4 aromatic rings. The van der Waals surface area contributed by atoms with Crippen molar-refractivity contribution in [1.29, 1.82) is 0 Å². The molecule has 0 saturated heterocycles. The maximum Gasteiger partial charge on any atom is 0.132 e. The van der Waals surface area contributed by atoms with Crippen LogP contribution in [0.2, 0.25) is 5.02 Å². The van der Waals surface area contributed by atoms with Crippen molar-refractivity contribution in [3.05, 3.63) is 101 Å². The van der Waals surface area contributed by atoms with Crippen LogP contribution < -0.4 is 0 Å². The molecule has 0 saturated carbocycles. The number of aliphatic hydroxyl groups excluding tert-OH is 1. The summed E-state index contributed by atoms with van der Waals surface area (Å²) in [6.45, 7) is 0. The molecule has 0 aliphatic heterocycles. The van der Waals surface area contributed by atoms with Crippen molar-refractivity contribution in [3.63, 3.8) is 0 Å². The summed E-state index contributed by atoms with van der Waals surface area (Å²) < 4.78 is 30.4. The van der Waals surface area contributed by atoms with Gasteiger partial charge in [0.05, 0.1) is 5.69 Å². The van der Waals surface area contributed by atoms with Gasteiger partial charge in [0.15, 0.2) is 0 Å². The highest BCUT2D eigenvalue weighted by Crippen LogP contribution is 2.41. The number of hydrogen-bond acceptors (Lipinski definition) is 2. The first-order valence-corrected chi connectivity index (χ1v) is 9.32. The topological polar surface area (TPSA) is 38.0 Å². The third kappa shape index (κ3) is 3.67. The van der Waals surface area contributed by atoms with Crippen LogP contribution in [-0.2, 0) is 7.05 Å². The highest BCUT2D eigenvalue weighted by Gasteiger charge is 2.26. The molecule has 2 heterocycles. The number of aryl methyl sites for hydroxylation is 1. The summed E-state index contributed by atoms with van der Waals surface area (Å²) in [6.07, 6.45) is 3.79. The minimum Gasteiger partial charge on any atom is -0.383 e. The second-order valence-corrected chi connectivity index (χ2v) is 7.18. The van der Waals surface area contributed by atoms with E-state index in [1.165, 1.54) is 18.2 Å². The van der Waals surface area contributed by atoms with Crippen molar-refractivity contribution in [2.24, 2.45) is 7.05 Å². The zero-order valence-electron chi connectivity index (χ0n) is 15.5. The number of rotatable bonds is 4. The van der Waals surface area contributed by atoms with E-state index in [1.54, 1.807) is 66.6 Å². The lowest BCUT2D eigenvalue weighted by atomic mass is 9.93. The van der Waals surface area contributed by atoms with E-state index in [0.717, 1.165) is 0 Å². The van der Waals surface area contributed by atoms with Crippen LogP contribution in [0, 0.1) is 11.6 Å². The van der Waals surface area contributed by atoms with Gasteiger partial charge in [0.2, 0.25) is 0 Å². The number of aromatic nitrogens is 2. The van der Waals surface area contributed by atoms with E-state index >= 15 is 0 Å². The summed E-state index contributed by atoms with van der Waals surface area (Å²) in [7, 11) is 1.77. The first-order chi connectivity index (χ1) is 14.0. The maximum atomic E-state index is 14.7. The minimum atomic E-state index is -1.09. The molecule has 1 N–H and O–H groups in total. The van der Waals surface area contributed by atoms with Gasteiger partial charge in [-0.3, -0.25) is 4.98 Å². The van der Waals surface area contributed by atoms with Crippen molar-refractivity contribution in [1.82, 2.24) is 9.55 Å². The lowest BCUT2D eigenvalue weighted by Crippen LogP contribution is -2.04. The highest BCUT2D eigenvalue weighted by molar-refractivity contribution is 6.30. The fourth-order valence-electron chi connectivity index (χ4n) is 3.54. The Balaban J connectivity index is 2.00. The van der Waals surface area contributed by atoms with Crippen LogP contribution in [0.15, 0.2) is 73.2 Å². The van der Waals surface area contributed by atoms with E-state index in [0.29, 0.717) is 33.5 Å². The highest BCUT2D eigenvalue weighted by atomic mass is 35.5. The molecule has 0 aliphatic carbocycles. The lowest BCUT2D eigenvalue weighted by Gasteiger charge is -2.16. The summed E-state index contributed by atoms with van der Waals surface area (Å²) in [5.74, 6) is -0.904. The van der Waals surface area contributed by atoms with Crippen LogP contribution in [0.25, 0.3) is 22.4 Å². The normalized spacial score (nSPS) is 12.2. The molecule has 29 heavy (non-hydrogen) atoms. The summed E-state index contributed by atoms with van der Waals surface area (Å²) >= 11 is 5.91. The average molecular weight is 411 g/mol. The number of pyridine rings is 1. The van der Waals surface area contributed by atoms with Crippen molar-refractivity contribution < 1.29 is 13.9 Å². The van der Waals surface area contributed by atoms with Gasteiger partial charge in [-0.05, 0) is 36.4 Å². The summed E-state index contributed by atoms with van der Waals surface area (Å²) in [6, 6.07) is 13.9. The monoisotopic (exact) mass is 410 g/mol. The molecular formula is C23H17ClF2N2O. The molecule has 0 amide bonds. The maximum absolute atomic E-state index is 14.7. The fraction of sp³-hybridized carbons (Fsp3) is 0.0870. The van der Waals surface area contributed by atoms with E-state index in [4.69, 9.17) is 11.6 Å². The van der Waals surface area contributed by atoms with E-state index in [2.05, 4.69) is 4.98 Å². The van der Waals surface area contributed by atoms with Crippen molar-refractivity contribution in [2.75, 3.05) is 0 Å². The van der Waals surface area contributed by atoms with Gasteiger partial charge in [-0.2, -0.15) is 0 Å². The number of nitrogens with zero attached hydrogens (tertiary/aromatic N) is 2. The molecule has 0 radical (unpaired) electrons. The number of halogens is 3. The van der Waals surface area contributed by atoms with Crippen LogP contribution >= 0.6 is 11.6 Å².